The van der Waals surface area contributed by atoms with Crippen LogP contribution in [0.5, 0.6) is 17.2 Å². The number of nitrogens with one attached hydrogen (secondary N) is 1. The summed E-state index contributed by atoms with van der Waals surface area (Å²) in [7, 11) is 4.51. The zero-order valence-electron chi connectivity index (χ0n) is 14.6. The maximum atomic E-state index is 12.5. The van der Waals surface area contributed by atoms with Gasteiger partial charge in [0, 0.05) is 11.8 Å². The predicted octanol–water partition coefficient (Wildman–Crippen LogP) is 2.94. The number of fused-ring (bicyclic) bond motifs is 1. The molecule has 0 bridgehead atoms. The molecule has 0 saturated carbocycles. The third kappa shape index (κ3) is 3.39. The van der Waals surface area contributed by atoms with Crippen LogP contribution in [0.25, 0.3) is 5.65 Å². The van der Waals surface area contributed by atoms with Gasteiger partial charge in [0.25, 0.3) is 5.91 Å². The number of amides is 1. The van der Waals surface area contributed by atoms with Crippen LogP contribution in [0.2, 0.25) is 5.15 Å². The van der Waals surface area contributed by atoms with Gasteiger partial charge in [-0.1, -0.05) is 17.7 Å². The lowest BCUT2D eigenvalue weighted by Gasteiger charge is -2.13. The number of rotatable bonds is 6. The summed E-state index contributed by atoms with van der Waals surface area (Å²) < 4.78 is 17.6. The zero-order chi connectivity index (χ0) is 18.7. The summed E-state index contributed by atoms with van der Waals surface area (Å²) in [6, 6.07) is 8.63. The Bertz CT molecular complexity index is 930. The van der Waals surface area contributed by atoms with Crippen LogP contribution in [-0.4, -0.2) is 36.6 Å². The van der Waals surface area contributed by atoms with Gasteiger partial charge in [-0.05, 0) is 24.3 Å². The molecule has 0 radical (unpaired) electrons. The second-order valence-electron chi connectivity index (χ2n) is 5.41. The average molecular weight is 376 g/mol. The molecule has 1 aromatic carbocycles. The van der Waals surface area contributed by atoms with Crippen LogP contribution in [0.1, 0.15) is 16.1 Å². The molecule has 0 fully saturated rings. The summed E-state index contributed by atoms with van der Waals surface area (Å²) in [5.74, 6) is 0.974. The molecule has 2 heterocycles. The van der Waals surface area contributed by atoms with Crippen LogP contribution in [0, 0.1) is 0 Å². The van der Waals surface area contributed by atoms with E-state index in [-0.39, 0.29) is 12.5 Å². The minimum absolute atomic E-state index is 0.257. The molecule has 0 unspecified atom stereocenters. The van der Waals surface area contributed by atoms with Crippen molar-refractivity contribution in [3.8, 4) is 17.2 Å². The van der Waals surface area contributed by atoms with Crippen molar-refractivity contribution in [2.45, 2.75) is 6.54 Å². The molecule has 8 heteroatoms. The molecule has 0 atom stereocenters. The number of methoxy groups -OCH3 is 3. The summed E-state index contributed by atoms with van der Waals surface area (Å²) in [6.07, 6.45) is 1.78. The monoisotopic (exact) mass is 375 g/mol. The Kier molecular flexibility index (Phi) is 5.18. The number of ether oxygens (including phenoxy) is 3. The molecule has 1 N–H and O–H groups in total. The molecule has 2 aromatic heterocycles. The predicted molar refractivity (Wildman–Crippen MR) is 97.5 cm³/mol. The summed E-state index contributed by atoms with van der Waals surface area (Å²) in [4.78, 5) is 16.9. The van der Waals surface area contributed by atoms with Crippen LogP contribution in [0.15, 0.2) is 36.5 Å². The van der Waals surface area contributed by atoms with Crippen molar-refractivity contribution in [2.24, 2.45) is 0 Å². The van der Waals surface area contributed by atoms with E-state index in [9.17, 15) is 4.79 Å². The molecule has 0 spiro atoms. The Balaban J connectivity index is 1.80. The number of nitrogens with zero attached hydrogens (tertiary/aromatic N) is 2. The summed E-state index contributed by atoms with van der Waals surface area (Å²) in [5.41, 5.74) is 1.80. The van der Waals surface area contributed by atoms with Crippen molar-refractivity contribution >= 4 is 23.2 Å². The van der Waals surface area contributed by atoms with E-state index in [0.29, 0.717) is 33.7 Å². The average Bonchev–Trinajstić information content (AvgIpc) is 3.09. The number of carbonyl (C=O) groups is 1. The topological polar surface area (TPSA) is 74.1 Å². The molecule has 7 nitrogen and oxygen atoms in total. The second-order valence-corrected chi connectivity index (χ2v) is 5.79. The Morgan fingerprint density at radius 2 is 1.85 bits per heavy atom. The molecule has 0 aliphatic heterocycles. The van der Waals surface area contributed by atoms with Gasteiger partial charge in [-0.15, -0.1) is 0 Å². The minimum Gasteiger partial charge on any atom is -0.493 e. The standard InChI is InChI=1S/C18H18ClN3O4/c1-24-13-7-11(8-14(25-2)17(13)26-3)18(23)20-9-12-10-22-15(19)5-4-6-16(22)21-12/h4-8,10H,9H2,1-3H3,(H,20,23). The Hall–Kier alpha value is -2.93. The molecule has 0 saturated heterocycles. The van der Waals surface area contributed by atoms with Gasteiger partial charge in [-0.2, -0.15) is 0 Å². The number of aromatic nitrogens is 2. The lowest BCUT2D eigenvalue weighted by atomic mass is 10.1. The lowest BCUT2D eigenvalue weighted by Crippen LogP contribution is -2.23. The fraction of sp³-hybridized carbons (Fsp3) is 0.222. The third-order valence-electron chi connectivity index (χ3n) is 3.85. The maximum Gasteiger partial charge on any atom is 0.251 e. The van der Waals surface area contributed by atoms with Crippen molar-refractivity contribution in [1.29, 1.82) is 0 Å². The Morgan fingerprint density at radius 1 is 1.15 bits per heavy atom. The highest BCUT2D eigenvalue weighted by atomic mass is 35.5. The van der Waals surface area contributed by atoms with Crippen molar-refractivity contribution in [3.63, 3.8) is 0 Å². The van der Waals surface area contributed by atoms with Crippen molar-refractivity contribution in [3.05, 3.63) is 52.9 Å². The van der Waals surface area contributed by atoms with E-state index in [1.54, 1.807) is 28.8 Å². The van der Waals surface area contributed by atoms with E-state index < -0.39 is 0 Å². The number of halogens is 1. The Labute approximate surface area is 155 Å². The highest BCUT2D eigenvalue weighted by molar-refractivity contribution is 6.29. The first-order valence-corrected chi connectivity index (χ1v) is 8.16. The van der Waals surface area contributed by atoms with Gasteiger partial charge in [0.05, 0.1) is 33.6 Å². The lowest BCUT2D eigenvalue weighted by molar-refractivity contribution is 0.0949. The number of pyridine rings is 1. The molecule has 3 rings (SSSR count). The fourth-order valence-electron chi connectivity index (χ4n) is 2.60. The molecular formula is C18H18ClN3O4. The van der Waals surface area contributed by atoms with Gasteiger partial charge in [0.1, 0.15) is 10.8 Å². The summed E-state index contributed by atoms with van der Waals surface area (Å²) >= 11 is 6.12. The maximum absolute atomic E-state index is 12.5. The van der Waals surface area contributed by atoms with E-state index in [4.69, 9.17) is 25.8 Å². The highest BCUT2D eigenvalue weighted by Crippen LogP contribution is 2.38. The first-order chi connectivity index (χ1) is 12.6. The van der Waals surface area contributed by atoms with Crippen LogP contribution < -0.4 is 19.5 Å². The van der Waals surface area contributed by atoms with Crippen LogP contribution in [-0.2, 0) is 6.54 Å². The fourth-order valence-corrected chi connectivity index (χ4v) is 2.81. The smallest absolute Gasteiger partial charge is 0.251 e. The third-order valence-corrected chi connectivity index (χ3v) is 4.16. The first kappa shape index (κ1) is 17.9. The minimum atomic E-state index is -0.285. The molecule has 136 valence electrons. The van der Waals surface area contributed by atoms with Crippen molar-refractivity contribution < 1.29 is 19.0 Å². The van der Waals surface area contributed by atoms with Crippen LogP contribution in [0.3, 0.4) is 0 Å². The van der Waals surface area contributed by atoms with Gasteiger partial charge < -0.3 is 19.5 Å². The largest absolute Gasteiger partial charge is 0.493 e. The number of carbonyl (C=O) groups excluding carboxylic acids is 1. The quantitative estimate of drug-likeness (QED) is 0.670. The summed E-state index contributed by atoms with van der Waals surface area (Å²) in [5, 5.41) is 3.38. The SMILES string of the molecule is COc1cc(C(=O)NCc2cn3c(Cl)cccc3n2)cc(OC)c1OC. The van der Waals surface area contributed by atoms with Crippen molar-refractivity contribution in [2.75, 3.05) is 21.3 Å². The van der Waals surface area contributed by atoms with Crippen LogP contribution in [0.4, 0.5) is 0 Å². The number of hydrogen-bond acceptors (Lipinski definition) is 5. The molecule has 0 aliphatic carbocycles. The van der Waals surface area contributed by atoms with Gasteiger partial charge in [-0.3, -0.25) is 9.20 Å². The second kappa shape index (κ2) is 7.53. The number of imidazole rings is 1. The molecular weight excluding hydrogens is 358 g/mol. The van der Waals surface area contributed by atoms with E-state index in [2.05, 4.69) is 10.3 Å². The number of hydrogen-bond donors (Lipinski definition) is 1. The first-order valence-electron chi connectivity index (χ1n) is 7.78. The van der Waals surface area contributed by atoms with E-state index in [1.807, 2.05) is 12.1 Å². The Morgan fingerprint density at radius 3 is 2.42 bits per heavy atom. The van der Waals surface area contributed by atoms with Gasteiger partial charge in [-0.25, -0.2) is 4.98 Å². The van der Waals surface area contributed by atoms with E-state index in [1.165, 1.54) is 21.3 Å². The summed E-state index contributed by atoms with van der Waals surface area (Å²) in [6.45, 7) is 0.257. The van der Waals surface area contributed by atoms with Crippen LogP contribution >= 0.6 is 11.6 Å². The molecule has 0 aliphatic rings. The molecule has 3 aromatic rings. The highest BCUT2D eigenvalue weighted by Gasteiger charge is 2.17. The van der Waals surface area contributed by atoms with E-state index in [0.717, 1.165) is 5.65 Å². The van der Waals surface area contributed by atoms with Gasteiger partial charge in [0.2, 0.25) is 5.75 Å². The zero-order valence-corrected chi connectivity index (χ0v) is 15.3. The molecule has 26 heavy (non-hydrogen) atoms. The van der Waals surface area contributed by atoms with E-state index >= 15 is 0 Å². The molecule has 1 amide bonds. The van der Waals surface area contributed by atoms with Crippen molar-refractivity contribution in [1.82, 2.24) is 14.7 Å². The van der Waals surface area contributed by atoms with Gasteiger partial charge in [0.15, 0.2) is 11.5 Å². The number of benzene rings is 1. The normalized spacial score (nSPS) is 10.6. The van der Waals surface area contributed by atoms with Gasteiger partial charge >= 0.3 is 0 Å².